The molecule has 0 spiro atoms. The maximum Gasteiger partial charge on any atom is 0.270 e. The number of ether oxygens (including phenoxy) is 1. The van der Waals surface area contributed by atoms with Gasteiger partial charge in [-0.3, -0.25) is 9.59 Å². The molecule has 4 rings (SSSR count). The Morgan fingerprint density at radius 2 is 1.53 bits per heavy atom. The van der Waals surface area contributed by atoms with E-state index < -0.39 is 0 Å². The average Bonchev–Trinajstić information content (AvgIpc) is 3.17. The summed E-state index contributed by atoms with van der Waals surface area (Å²) < 4.78 is 9.46. The minimum Gasteiger partial charge on any atom is -0.489 e. The number of carbonyl (C=O) groups excluding carboxylic acids is 2. The van der Waals surface area contributed by atoms with Gasteiger partial charge in [0.2, 0.25) is 5.91 Å². The number of amides is 2. The molecule has 2 saturated heterocycles. The van der Waals surface area contributed by atoms with Crippen molar-refractivity contribution in [2.45, 2.75) is 65.6 Å². The number of piperidine rings is 1. The lowest BCUT2D eigenvalue weighted by molar-refractivity contribution is -0.130. The molecule has 2 fully saturated rings. The van der Waals surface area contributed by atoms with Gasteiger partial charge < -0.3 is 24.0 Å². The number of carbonyl (C=O) groups is 2. The SMILES string of the molecule is CC(=O)N1CCN(C(=O)c2cc3cc(OC4CCN(C(C)C)CC4)c(Br)cc3n2C(C)C)CC1. The van der Waals surface area contributed by atoms with Gasteiger partial charge in [0.25, 0.3) is 5.91 Å². The van der Waals surface area contributed by atoms with Gasteiger partial charge in [0.05, 0.1) is 9.99 Å². The van der Waals surface area contributed by atoms with Crippen molar-refractivity contribution in [2.75, 3.05) is 39.3 Å². The van der Waals surface area contributed by atoms with Crippen LogP contribution in [0.2, 0.25) is 0 Å². The Morgan fingerprint density at radius 1 is 0.912 bits per heavy atom. The van der Waals surface area contributed by atoms with Gasteiger partial charge in [-0.05, 0) is 74.7 Å². The number of hydrogen-bond donors (Lipinski definition) is 0. The molecule has 8 heteroatoms. The first kappa shape index (κ1) is 25.0. The van der Waals surface area contributed by atoms with Crippen molar-refractivity contribution in [3.05, 3.63) is 28.4 Å². The highest BCUT2D eigenvalue weighted by molar-refractivity contribution is 9.10. The fraction of sp³-hybridized carbons (Fsp3) is 0.615. The molecule has 7 nitrogen and oxygen atoms in total. The third-order valence-electron chi connectivity index (χ3n) is 7.14. The first-order valence-electron chi connectivity index (χ1n) is 12.5. The summed E-state index contributed by atoms with van der Waals surface area (Å²) in [7, 11) is 0. The van der Waals surface area contributed by atoms with Crippen LogP contribution in [0.25, 0.3) is 10.9 Å². The fourth-order valence-electron chi connectivity index (χ4n) is 5.12. The van der Waals surface area contributed by atoms with Gasteiger partial charge >= 0.3 is 0 Å². The topological polar surface area (TPSA) is 58.0 Å². The molecule has 186 valence electrons. The zero-order valence-electron chi connectivity index (χ0n) is 21.0. The highest BCUT2D eigenvalue weighted by Crippen LogP contribution is 2.36. The van der Waals surface area contributed by atoms with Gasteiger partial charge in [-0.25, -0.2) is 0 Å². The van der Waals surface area contributed by atoms with Crippen molar-refractivity contribution in [3.63, 3.8) is 0 Å². The van der Waals surface area contributed by atoms with Crippen LogP contribution in [-0.2, 0) is 4.79 Å². The van der Waals surface area contributed by atoms with E-state index in [1.807, 2.05) is 11.0 Å². The molecule has 0 saturated carbocycles. The van der Waals surface area contributed by atoms with Gasteiger partial charge in [-0.1, -0.05) is 0 Å². The Morgan fingerprint density at radius 3 is 2.09 bits per heavy atom. The third-order valence-corrected chi connectivity index (χ3v) is 7.76. The molecule has 2 amide bonds. The van der Waals surface area contributed by atoms with Crippen LogP contribution >= 0.6 is 15.9 Å². The van der Waals surface area contributed by atoms with Gasteiger partial charge in [0.1, 0.15) is 17.5 Å². The van der Waals surface area contributed by atoms with Crippen molar-refractivity contribution in [3.8, 4) is 5.75 Å². The van der Waals surface area contributed by atoms with Crippen molar-refractivity contribution in [2.24, 2.45) is 0 Å². The molecule has 0 N–H and O–H groups in total. The molecule has 0 bridgehead atoms. The second kappa shape index (κ2) is 10.3. The maximum absolute atomic E-state index is 13.5. The molecule has 3 heterocycles. The number of nitrogens with zero attached hydrogens (tertiary/aromatic N) is 4. The number of aromatic nitrogens is 1. The van der Waals surface area contributed by atoms with Crippen molar-refractivity contribution in [1.29, 1.82) is 0 Å². The van der Waals surface area contributed by atoms with Crippen molar-refractivity contribution < 1.29 is 14.3 Å². The second-order valence-electron chi connectivity index (χ2n) is 10.1. The average molecular weight is 534 g/mol. The minimum atomic E-state index is 0.0211. The molecule has 2 aromatic rings. The van der Waals surface area contributed by atoms with Crippen LogP contribution in [0.3, 0.4) is 0 Å². The summed E-state index contributed by atoms with van der Waals surface area (Å²) in [5.41, 5.74) is 1.71. The van der Waals surface area contributed by atoms with Crippen LogP contribution in [0.5, 0.6) is 5.75 Å². The van der Waals surface area contributed by atoms with Crippen LogP contribution in [0.1, 0.15) is 64.0 Å². The first-order valence-corrected chi connectivity index (χ1v) is 13.2. The summed E-state index contributed by atoms with van der Waals surface area (Å²) in [5.74, 6) is 0.925. The lowest BCUT2D eigenvalue weighted by Crippen LogP contribution is -2.50. The second-order valence-corrected chi connectivity index (χ2v) is 10.9. The third kappa shape index (κ3) is 5.13. The van der Waals surface area contributed by atoms with Gasteiger partial charge in [0, 0.05) is 63.7 Å². The normalized spacial score (nSPS) is 18.4. The first-order chi connectivity index (χ1) is 16.2. The molecule has 2 aliphatic rings. The quantitative estimate of drug-likeness (QED) is 0.567. The molecule has 34 heavy (non-hydrogen) atoms. The van der Waals surface area contributed by atoms with Crippen molar-refractivity contribution in [1.82, 2.24) is 19.3 Å². The Hall–Kier alpha value is -2.06. The largest absolute Gasteiger partial charge is 0.489 e. The number of rotatable bonds is 5. The Labute approximate surface area is 211 Å². The molecule has 0 radical (unpaired) electrons. The number of hydrogen-bond acceptors (Lipinski definition) is 4. The molecule has 1 aromatic carbocycles. The standard InChI is InChI=1S/C26H37BrN4O3/c1-17(2)28-8-6-21(7-9-28)34-25-15-20-14-24(31(18(3)4)23(20)16-22(25)27)26(33)30-12-10-29(11-13-30)19(5)32/h14-18,21H,6-13H2,1-5H3. The highest BCUT2D eigenvalue weighted by Gasteiger charge is 2.28. The molecule has 0 unspecified atom stereocenters. The van der Waals surface area contributed by atoms with E-state index in [9.17, 15) is 9.59 Å². The Kier molecular flexibility index (Phi) is 7.57. The lowest BCUT2D eigenvalue weighted by Gasteiger charge is -2.34. The van der Waals surface area contributed by atoms with E-state index in [0.29, 0.717) is 37.9 Å². The molecule has 0 atom stereocenters. The zero-order valence-corrected chi connectivity index (χ0v) is 22.6. The number of fused-ring (bicyclic) bond motifs is 1. The molecular formula is C26H37BrN4O3. The van der Waals surface area contributed by atoms with Gasteiger partial charge in [0.15, 0.2) is 0 Å². The predicted molar refractivity (Wildman–Crippen MR) is 139 cm³/mol. The van der Waals surface area contributed by atoms with Crippen LogP contribution < -0.4 is 4.74 Å². The summed E-state index contributed by atoms with van der Waals surface area (Å²) in [6.07, 6.45) is 2.24. The van der Waals surface area contributed by atoms with E-state index in [1.165, 1.54) is 0 Å². The van der Waals surface area contributed by atoms with Crippen LogP contribution in [0, 0.1) is 0 Å². The zero-order chi connectivity index (χ0) is 24.6. The Balaban J connectivity index is 1.56. The van der Waals surface area contributed by atoms with E-state index >= 15 is 0 Å². The van der Waals surface area contributed by atoms with E-state index in [4.69, 9.17) is 4.74 Å². The van der Waals surface area contributed by atoms with E-state index in [0.717, 1.165) is 47.1 Å². The number of halogens is 1. The Bertz CT molecular complexity index is 1050. The summed E-state index contributed by atoms with van der Waals surface area (Å²) >= 11 is 3.72. The lowest BCUT2D eigenvalue weighted by atomic mass is 10.1. The summed E-state index contributed by atoms with van der Waals surface area (Å²) in [4.78, 5) is 31.3. The van der Waals surface area contributed by atoms with E-state index in [1.54, 1.807) is 11.8 Å². The van der Waals surface area contributed by atoms with Crippen LogP contribution in [0.4, 0.5) is 0 Å². The fourth-order valence-corrected chi connectivity index (χ4v) is 5.54. The number of benzene rings is 1. The maximum atomic E-state index is 13.5. The summed E-state index contributed by atoms with van der Waals surface area (Å²) in [6.45, 7) is 14.7. The van der Waals surface area contributed by atoms with Gasteiger partial charge in [-0.2, -0.15) is 0 Å². The van der Waals surface area contributed by atoms with Crippen LogP contribution in [0.15, 0.2) is 22.7 Å². The minimum absolute atomic E-state index is 0.0211. The predicted octanol–water partition coefficient (Wildman–Crippen LogP) is 4.54. The van der Waals surface area contributed by atoms with E-state index in [2.05, 4.69) is 65.2 Å². The highest BCUT2D eigenvalue weighted by atomic mass is 79.9. The smallest absolute Gasteiger partial charge is 0.270 e. The number of likely N-dealkylation sites (tertiary alicyclic amines) is 1. The summed E-state index contributed by atoms with van der Waals surface area (Å²) in [5, 5.41) is 1.01. The number of piperazine rings is 1. The van der Waals surface area contributed by atoms with Gasteiger partial charge in [-0.15, -0.1) is 0 Å². The molecule has 1 aromatic heterocycles. The molecule has 2 aliphatic heterocycles. The molecule has 0 aliphatic carbocycles. The molecular weight excluding hydrogens is 496 g/mol. The monoisotopic (exact) mass is 532 g/mol. The summed E-state index contributed by atoms with van der Waals surface area (Å²) in [6, 6.07) is 6.85. The van der Waals surface area contributed by atoms with Crippen LogP contribution in [-0.4, -0.2) is 82.5 Å². The van der Waals surface area contributed by atoms with Crippen molar-refractivity contribution >= 4 is 38.6 Å². The van der Waals surface area contributed by atoms with E-state index in [-0.39, 0.29) is 24.0 Å².